The minimum absolute atomic E-state index is 0.466. The minimum Gasteiger partial charge on any atom is -0.265 e. The molecule has 0 unspecified atom stereocenters. The Kier molecular flexibility index (Phi) is 2.83. The summed E-state index contributed by atoms with van der Waals surface area (Å²) in [5.74, 6) is 0. The topological polar surface area (TPSA) is 42.3 Å². The van der Waals surface area contributed by atoms with Gasteiger partial charge < -0.3 is 0 Å². The molecule has 0 amide bonds. The maximum Gasteiger partial charge on any atom is 0.108 e. The molecule has 0 atom stereocenters. The first-order valence-corrected chi connectivity index (χ1v) is 4.70. The van der Waals surface area contributed by atoms with Crippen LogP contribution in [-0.2, 0) is 6.42 Å². The van der Waals surface area contributed by atoms with Gasteiger partial charge in [0.1, 0.15) is 5.69 Å². The quantitative estimate of drug-likeness (QED) is 0.711. The summed E-state index contributed by atoms with van der Waals surface area (Å²) in [5.41, 5.74) is 2.83. The van der Waals surface area contributed by atoms with Gasteiger partial charge in [-0.1, -0.05) is 12.1 Å². The Balaban J connectivity index is 2.15. The van der Waals surface area contributed by atoms with Crippen LogP contribution in [0.15, 0.2) is 54.0 Å². The van der Waals surface area contributed by atoms with Crippen LogP contribution in [0.5, 0.6) is 0 Å². The highest BCUT2D eigenvalue weighted by atomic mass is 16.3. The van der Waals surface area contributed by atoms with Gasteiger partial charge in [0, 0.05) is 12.4 Å². The van der Waals surface area contributed by atoms with Crippen molar-refractivity contribution < 1.29 is 0 Å². The van der Waals surface area contributed by atoms with Crippen molar-refractivity contribution >= 4 is 5.69 Å². The molecular weight excluding hydrogens is 188 g/mol. The Hall–Kier alpha value is -2.03. The van der Waals surface area contributed by atoms with Gasteiger partial charge in [-0.05, 0) is 47.0 Å². The number of hydrogen-bond acceptors (Lipinski definition) is 3. The number of nitroso groups, excluding NO2 is 1. The highest BCUT2D eigenvalue weighted by Gasteiger charge is 1.96. The Morgan fingerprint density at radius 3 is 2.13 bits per heavy atom. The zero-order chi connectivity index (χ0) is 10.5. The fourth-order valence-corrected chi connectivity index (χ4v) is 1.41. The van der Waals surface area contributed by atoms with E-state index in [4.69, 9.17) is 0 Å². The monoisotopic (exact) mass is 198 g/mol. The molecule has 1 aromatic heterocycles. The summed E-state index contributed by atoms with van der Waals surface area (Å²) in [6.07, 6.45) is 4.40. The normalized spacial score (nSPS) is 9.87. The van der Waals surface area contributed by atoms with Gasteiger partial charge >= 0.3 is 0 Å². The Labute approximate surface area is 87.8 Å². The van der Waals surface area contributed by atoms with Crippen molar-refractivity contribution in [2.24, 2.45) is 5.18 Å². The lowest BCUT2D eigenvalue weighted by molar-refractivity contribution is 1.16. The number of rotatable bonds is 3. The van der Waals surface area contributed by atoms with Crippen molar-refractivity contribution in [1.82, 2.24) is 4.98 Å². The molecular formula is C12H10N2O. The van der Waals surface area contributed by atoms with E-state index in [0.717, 1.165) is 12.0 Å². The lowest BCUT2D eigenvalue weighted by Crippen LogP contribution is -1.87. The third-order valence-corrected chi connectivity index (χ3v) is 2.20. The SMILES string of the molecule is O=Nc1ccc(Cc2ccncc2)cc1. The Morgan fingerprint density at radius 1 is 0.933 bits per heavy atom. The van der Waals surface area contributed by atoms with E-state index >= 15 is 0 Å². The zero-order valence-corrected chi connectivity index (χ0v) is 8.13. The van der Waals surface area contributed by atoms with Crippen LogP contribution in [-0.4, -0.2) is 4.98 Å². The van der Waals surface area contributed by atoms with Gasteiger partial charge in [-0.2, -0.15) is 0 Å². The lowest BCUT2D eigenvalue weighted by Gasteiger charge is -2.00. The molecule has 0 radical (unpaired) electrons. The number of hydrogen-bond donors (Lipinski definition) is 0. The first kappa shape index (κ1) is 9.52. The molecule has 74 valence electrons. The van der Waals surface area contributed by atoms with E-state index < -0.39 is 0 Å². The van der Waals surface area contributed by atoms with Gasteiger partial charge in [0.15, 0.2) is 0 Å². The second-order valence-electron chi connectivity index (χ2n) is 3.29. The Morgan fingerprint density at radius 2 is 1.53 bits per heavy atom. The van der Waals surface area contributed by atoms with Crippen LogP contribution in [0.3, 0.4) is 0 Å². The predicted molar refractivity (Wildman–Crippen MR) is 58.9 cm³/mol. The van der Waals surface area contributed by atoms with Crippen molar-refractivity contribution in [1.29, 1.82) is 0 Å². The van der Waals surface area contributed by atoms with Crippen LogP contribution in [0, 0.1) is 4.91 Å². The average molecular weight is 198 g/mol. The molecule has 2 rings (SSSR count). The van der Waals surface area contributed by atoms with E-state index in [1.54, 1.807) is 24.5 Å². The molecule has 0 aliphatic rings. The third-order valence-electron chi connectivity index (χ3n) is 2.20. The maximum absolute atomic E-state index is 10.2. The molecule has 15 heavy (non-hydrogen) atoms. The molecule has 0 saturated carbocycles. The predicted octanol–water partition coefficient (Wildman–Crippen LogP) is 3.07. The van der Waals surface area contributed by atoms with Gasteiger partial charge in [-0.3, -0.25) is 4.98 Å². The standard InChI is InChI=1S/C12H10N2O/c15-14-12-3-1-10(2-4-12)9-11-5-7-13-8-6-11/h1-8H,9H2. The van der Waals surface area contributed by atoms with Gasteiger partial charge in [-0.25, -0.2) is 0 Å². The largest absolute Gasteiger partial charge is 0.265 e. The third kappa shape index (κ3) is 2.47. The van der Waals surface area contributed by atoms with Gasteiger partial charge in [0.25, 0.3) is 0 Å². The lowest BCUT2D eigenvalue weighted by atomic mass is 10.1. The molecule has 1 heterocycles. The van der Waals surface area contributed by atoms with Crippen LogP contribution in [0.4, 0.5) is 5.69 Å². The number of nitrogens with zero attached hydrogens (tertiary/aromatic N) is 2. The summed E-state index contributed by atoms with van der Waals surface area (Å²) >= 11 is 0. The van der Waals surface area contributed by atoms with Gasteiger partial charge in [0.05, 0.1) is 0 Å². The maximum atomic E-state index is 10.2. The fourth-order valence-electron chi connectivity index (χ4n) is 1.41. The zero-order valence-electron chi connectivity index (χ0n) is 8.13. The number of aromatic nitrogens is 1. The first-order chi connectivity index (χ1) is 7.38. The van der Waals surface area contributed by atoms with E-state index in [-0.39, 0.29) is 0 Å². The van der Waals surface area contributed by atoms with E-state index in [9.17, 15) is 4.91 Å². The summed E-state index contributed by atoms with van der Waals surface area (Å²) in [6.45, 7) is 0. The summed E-state index contributed by atoms with van der Waals surface area (Å²) in [5, 5.41) is 2.86. The van der Waals surface area contributed by atoms with Gasteiger partial charge in [0.2, 0.25) is 0 Å². The molecule has 0 fully saturated rings. The second-order valence-corrected chi connectivity index (χ2v) is 3.29. The van der Waals surface area contributed by atoms with Crippen LogP contribution in [0.1, 0.15) is 11.1 Å². The molecule has 0 bridgehead atoms. The summed E-state index contributed by atoms with van der Waals surface area (Å²) in [7, 11) is 0. The second kappa shape index (κ2) is 4.46. The highest BCUT2D eigenvalue weighted by Crippen LogP contribution is 2.14. The minimum atomic E-state index is 0.466. The number of pyridine rings is 1. The smallest absolute Gasteiger partial charge is 0.108 e. The van der Waals surface area contributed by atoms with E-state index in [2.05, 4.69) is 10.2 Å². The fraction of sp³-hybridized carbons (Fsp3) is 0.0833. The van der Waals surface area contributed by atoms with Gasteiger partial charge in [-0.15, -0.1) is 4.91 Å². The molecule has 0 saturated heterocycles. The van der Waals surface area contributed by atoms with Crippen LogP contribution in [0.25, 0.3) is 0 Å². The summed E-state index contributed by atoms with van der Waals surface area (Å²) < 4.78 is 0. The molecule has 0 spiro atoms. The van der Waals surface area contributed by atoms with Crippen LogP contribution < -0.4 is 0 Å². The van der Waals surface area contributed by atoms with E-state index in [1.807, 2.05) is 24.3 Å². The highest BCUT2D eigenvalue weighted by molar-refractivity contribution is 5.39. The van der Waals surface area contributed by atoms with Crippen molar-refractivity contribution in [2.75, 3.05) is 0 Å². The van der Waals surface area contributed by atoms with Crippen LogP contribution >= 0.6 is 0 Å². The Bertz CT molecular complexity index is 437. The number of benzene rings is 1. The summed E-state index contributed by atoms with van der Waals surface area (Å²) in [4.78, 5) is 14.2. The molecule has 3 nitrogen and oxygen atoms in total. The van der Waals surface area contributed by atoms with Crippen molar-refractivity contribution in [2.45, 2.75) is 6.42 Å². The van der Waals surface area contributed by atoms with Crippen LogP contribution in [0.2, 0.25) is 0 Å². The molecule has 0 aliphatic heterocycles. The van der Waals surface area contributed by atoms with Crippen molar-refractivity contribution in [3.8, 4) is 0 Å². The van der Waals surface area contributed by atoms with Crippen molar-refractivity contribution in [3.05, 3.63) is 64.8 Å². The van der Waals surface area contributed by atoms with E-state index in [1.165, 1.54) is 5.56 Å². The molecule has 2 aromatic rings. The average Bonchev–Trinajstić information content (AvgIpc) is 2.31. The summed E-state index contributed by atoms with van der Waals surface area (Å²) in [6, 6.07) is 11.2. The molecule has 0 N–H and O–H groups in total. The molecule has 3 heteroatoms. The van der Waals surface area contributed by atoms with E-state index in [0.29, 0.717) is 5.69 Å². The molecule has 1 aromatic carbocycles. The molecule has 0 aliphatic carbocycles. The van der Waals surface area contributed by atoms with Crippen molar-refractivity contribution in [3.63, 3.8) is 0 Å². The first-order valence-electron chi connectivity index (χ1n) is 4.70.